The zero-order valence-corrected chi connectivity index (χ0v) is 14.3. The molecule has 0 saturated heterocycles. The lowest BCUT2D eigenvalue weighted by Crippen LogP contribution is -2.30. The summed E-state index contributed by atoms with van der Waals surface area (Å²) in [5.41, 5.74) is 1.20. The minimum absolute atomic E-state index is 0.0489. The fourth-order valence-corrected chi connectivity index (χ4v) is 4.77. The molecule has 1 N–H and O–H groups in total. The lowest BCUT2D eigenvalue weighted by molar-refractivity contribution is 0.0976. The van der Waals surface area contributed by atoms with Crippen molar-refractivity contribution in [2.75, 3.05) is 6.26 Å². The minimum atomic E-state index is -3.94. The number of carbonyl (C=O) groups is 1. The molecule has 7 nitrogen and oxygen atoms in total. The molecule has 2 rings (SSSR count). The van der Waals surface area contributed by atoms with Crippen molar-refractivity contribution >= 4 is 39.0 Å². The molecule has 0 aliphatic carbocycles. The van der Waals surface area contributed by atoms with Gasteiger partial charge in [0.1, 0.15) is 0 Å². The Kier molecular flexibility index (Phi) is 4.40. The molecular formula is C11H14N4O3S3. The van der Waals surface area contributed by atoms with Crippen LogP contribution in [0.4, 0.5) is 0 Å². The first-order valence-corrected chi connectivity index (χ1v) is 9.36. The van der Waals surface area contributed by atoms with Crippen LogP contribution in [0.2, 0.25) is 0 Å². The van der Waals surface area contributed by atoms with Gasteiger partial charge < -0.3 is 0 Å². The van der Waals surface area contributed by atoms with Gasteiger partial charge in [0.2, 0.25) is 0 Å². The third-order valence-electron chi connectivity index (χ3n) is 2.73. The van der Waals surface area contributed by atoms with Crippen LogP contribution in [0.5, 0.6) is 0 Å². The van der Waals surface area contributed by atoms with Gasteiger partial charge in [-0.05, 0) is 26.2 Å². The number of rotatable bonds is 4. The van der Waals surface area contributed by atoms with E-state index in [4.69, 9.17) is 0 Å². The molecule has 0 radical (unpaired) electrons. The Balaban J connectivity index is 2.28. The van der Waals surface area contributed by atoms with E-state index in [1.807, 2.05) is 11.0 Å². The molecule has 2 aromatic heterocycles. The summed E-state index contributed by atoms with van der Waals surface area (Å²) in [6.07, 6.45) is 1.81. The van der Waals surface area contributed by atoms with Gasteiger partial charge in [-0.25, -0.2) is 18.1 Å². The van der Waals surface area contributed by atoms with Gasteiger partial charge in [-0.2, -0.15) is 5.10 Å². The van der Waals surface area contributed by atoms with Gasteiger partial charge >= 0.3 is 0 Å². The summed E-state index contributed by atoms with van der Waals surface area (Å²) < 4.78 is 28.7. The van der Waals surface area contributed by atoms with Crippen molar-refractivity contribution in [1.29, 1.82) is 0 Å². The Bertz CT molecular complexity index is 772. The molecule has 0 unspecified atom stereocenters. The first-order valence-electron chi connectivity index (χ1n) is 5.84. The van der Waals surface area contributed by atoms with Crippen molar-refractivity contribution in [2.24, 2.45) is 7.05 Å². The van der Waals surface area contributed by atoms with Crippen molar-refractivity contribution in [1.82, 2.24) is 19.5 Å². The van der Waals surface area contributed by atoms with Crippen LogP contribution in [0.1, 0.15) is 21.9 Å². The van der Waals surface area contributed by atoms with E-state index >= 15 is 0 Å². The zero-order chi connectivity index (χ0) is 15.8. The summed E-state index contributed by atoms with van der Waals surface area (Å²) in [5.74, 6) is -0.753. The van der Waals surface area contributed by atoms with E-state index in [2.05, 4.69) is 10.1 Å². The van der Waals surface area contributed by atoms with E-state index in [1.54, 1.807) is 20.9 Å². The van der Waals surface area contributed by atoms with Crippen molar-refractivity contribution in [3.63, 3.8) is 0 Å². The van der Waals surface area contributed by atoms with Gasteiger partial charge in [0.05, 0.1) is 5.69 Å². The molecule has 0 aliphatic heterocycles. The second-order valence-electron chi connectivity index (χ2n) is 4.29. The first-order chi connectivity index (χ1) is 9.74. The average molecular weight is 346 g/mol. The molecule has 0 bridgehead atoms. The second kappa shape index (κ2) is 5.78. The summed E-state index contributed by atoms with van der Waals surface area (Å²) in [7, 11) is -2.26. The number of amides is 1. The first kappa shape index (κ1) is 16.0. The topological polar surface area (TPSA) is 94.0 Å². The summed E-state index contributed by atoms with van der Waals surface area (Å²) in [4.78, 5) is 16.1. The Labute approximate surface area is 130 Å². The molecule has 2 aromatic rings. The van der Waals surface area contributed by atoms with Crippen LogP contribution in [0, 0.1) is 13.8 Å². The summed E-state index contributed by atoms with van der Waals surface area (Å²) in [6.45, 7) is 3.37. The van der Waals surface area contributed by atoms with Crippen LogP contribution in [0.25, 0.3) is 0 Å². The molecular weight excluding hydrogens is 332 g/mol. The van der Waals surface area contributed by atoms with E-state index in [0.717, 1.165) is 17.0 Å². The summed E-state index contributed by atoms with van der Waals surface area (Å²) in [6, 6.07) is 1.53. The number of hydrogen-bond acceptors (Lipinski definition) is 7. The fraction of sp³-hybridized carbons (Fsp3) is 0.364. The third-order valence-corrected chi connectivity index (χ3v) is 6.81. The fourth-order valence-electron chi connectivity index (χ4n) is 1.59. The van der Waals surface area contributed by atoms with E-state index < -0.39 is 15.9 Å². The molecule has 1 amide bonds. The number of thiazole rings is 1. The van der Waals surface area contributed by atoms with E-state index in [0.29, 0.717) is 10.0 Å². The van der Waals surface area contributed by atoms with Crippen LogP contribution in [0.15, 0.2) is 14.6 Å². The number of carbonyl (C=O) groups excluding carboxylic acids is 1. The van der Waals surface area contributed by atoms with Crippen molar-refractivity contribution < 1.29 is 13.2 Å². The minimum Gasteiger partial charge on any atom is -0.272 e. The maximum absolute atomic E-state index is 12.3. The normalized spacial score (nSPS) is 11.6. The predicted octanol–water partition coefficient (Wildman–Crippen LogP) is 1.33. The molecule has 0 spiro atoms. The number of thioether (sulfide) groups is 1. The number of nitrogens with one attached hydrogen (secondary N) is 1. The monoisotopic (exact) mass is 346 g/mol. The lowest BCUT2D eigenvalue weighted by atomic mass is 10.4. The molecule has 2 heterocycles. The Morgan fingerprint density at radius 3 is 2.57 bits per heavy atom. The quantitative estimate of drug-likeness (QED) is 0.840. The maximum Gasteiger partial charge on any atom is 0.285 e. The average Bonchev–Trinajstić information content (AvgIpc) is 2.93. The van der Waals surface area contributed by atoms with Gasteiger partial charge in [-0.15, -0.1) is 0 Å². The molecule has 0 saturated carbocycles. The highest BCUT2D eigenvalue weighted by atomic mass is 32.3. The number of aryl methyl sites for hydroxylation is 3. The maximum atomic E-state index is 12.3. The Morgan fingerprint density at radius 1 is 1.43 bits per heavy atom. The summed E-state index contributed by atoms with van der Waals surface area (Å²) in [5, 5.41) is 3.96. The number of aromatic nitrogens is 3. The highest BCUT2D eigenvalue weighted by Gasteiger charge is 2.25. The molecule has 0 aromatic carbocycles. The Hall–Kier alpha value is -1.39. The van der Waals surface area contributed by atoms with Crippen LogP contribution in [-0.2, 0) is 17.1 Å². The van der Waals surface area contributed by atoms with Crippen LogP contribution < -0.4 is 4.72 Å². The van der Waals surface area contributed by atoms with Crippen LogP contribution >= 0.6 is 23.1 Å². The summed E-state index contributed by atoms with van der Waals surface area (Å²) >= 11 is 2.39. The smallest absolute Gasteiger partial charge is 0.272 e. The predicted molar refractivity (Wildman–Crippen MR) is 81.2 cm³/mol. The molecule has 10 heteroatoms. The highest BCUT2D eigenvalue weighted by molar-refractivity contribution is 8.00. The van der Waals surface area contributed by atoms with Gasteiger partial charge in [0.15, 0.2) is 14.2 Å². The van der Waals surface area contributed by atoms with Crippen molar-refractivity contribution in [3.8, 4) is 0 Å². The van der Waals surface area contributed by atoms with Crippen molar-refractivity contribution in [2.45, 2.75) is 22.4 Å². The molecule has 21 heavy (non-hydrogen) atoms. The Morgan fingerprint density at radius 2 is 2.10 bits per heavy atom. The number of sulfonamides is 1. The van der Waals surface area contributed by atoms with Crippen molar-refractivity contribution in [3.05, 3.63) is 23.1 Å². The van der Waals surface area contributed by atoms with E-state index in [1.165, 1.54) is 22.5 Å². The van der Waals surface area contributed by atoms with Crippen LogP contribution in [-0.4, -0.2) is 35.3 Å². The molecule has 0 aliphatic rings. The number of nitrogens with zero attached hydrogens (tertiary/aromatic N) is 3. The molecule has 0 atom stereocenters. The lowest BCUT2D eigenvalue weighted by Gasteiger charge is -2.03. The van der Waals surface area contributed by atoms with Crippen LogP contribution in [0.3, 0.4) is 0 Å². The highest BCUT2D eigenvalue weighted by Crippen LogP contribution is 2.28. The third kappa shape index (κ3) is 3.27. The molecule has 114 valence electrons. The standard InChI is InChI=1S/C11H14N4O3S3/c1-6-5-8(13-15(6)3)9(16)14-21(17,18)10-7(2)12-11(19-4)20-10/h5H,1-4H3,(H,14,16). The van der Waals surface area contributed by atoms with Gasteiger partial charge in [-0.3, -0.25) is 9.48 Å². The largest absolute Gasteiger partial charge is 0.285 e. The van der Waals surface area contributed by atoms with Gasteiger partial charge in [0.25, 0.3) is 15.9 Å². The van der Waals surface area contributed by atoms with E-state index in [-0.39, 0.29) is 9.90 Å². The number of hydrogen-bond donors (Lipinski definition) is 1. The SMILES string of the molecule is CSc1nc(C)c(S(=O)(=O)NC(=O)c2cc(C)n(C)n2)s1. The zero-order valence-electron chi connectivity index (χ0n) is 11.9. The van der Waals surface area contributed by atoms with E-state index in [9.17, 15) is 13.2 Å². The second-order valence-corrected chi connectivity index (χ2v) is 8.22. The molecule has 0 fully saturated rings. The van der Waals surface area contributed by atoms with Gasteiger partial charge in [0, 0.05) is 12.7 Å². The van der Waals surface area contributed by atoms with Gasteiger partial charge in [-0.1, -0.05) is 23.1 Å².